The van der Waals surface area contributed by atoms with Crippen LogP contribution in [0.2, 0.25) is 0 Å². The molecule has 0 saturated carbocycles. The Bertz CT molecular complexity index is 732. The van der Waals surface area contributed by atoms with Gasteiger partial charge in [0, 0.05) is 24.4 Å². The fourth-order valence-electron chi connectivity index (χ4n) is 2.92. The molecule has 2 amide bonds. The van der Waals surface area contributed by atoms with Crippen molar-refractivity contribution in [1.82, 2.24) is 9.21 Å². The summed E-state index contributed by atoms with van der Waals surface area (Å²) in [6, 6.07) is 1.83. The lowest BCUT2D eigenvalue weighted by Gasteiger charge is -2.42. The van der Waals surface area contributed by atoms with Crippen LogP contribution in [-0.2, 0) is 26.4 Å². The number of fused-ring (bicyclic) bond motifs is 1. The maximum atomic E-state index is 12.3. The van der Waals surface area contributed by atoms with E-state index >= 15 is 0 Å². The molecule has 118 valence electrons. The standard InChI is InChI=1S/C12H14N4O5S/c13-8-1-4-14(5-2-8)7-10(17)15-6-3-9-11(15)12(18)16(9)22(19,20)21/h1-2,4-5,9,11,13H,3,6-7H2,(H,19,20,21)/p+1/t9-,11+/m1/s1. The number of carbonyl (C=O) groups excluding carboxylic acids is 2. The lowest BCUT2D eigenvalue weighted by atomic mass is 10.0. The van der Waals surface area contributed by atoms with E-state index in [2.05, 4.69) is 0 Å². The summed E-state index contributed by atoms with van der Waals surface area (Å²) >= 11 is 0. The number of aromatic nitrogens is 1. The van der Waals surface area contributed by atoms with Crippen molar-refractivity contribution < 1.29 is 27.1 Å². The van der Waals surface area contributed by atoms with Gasteiger partial charge in [0.25, 0.3) is 11.8 Å². The van der Waals surface area contributed by atoms with Crippen LogP contribution < -0.4 is 10.3 Å². The van der Waals surface area contributed by atoms with Crippen molar-refractivity contribution in [2.45, 2.75) is 25.0 Å². The number of hydrogen-bond donors (Lipinski definition) is 2. The number of rotatable bonds is 3. The minimum absolute atomic E-state index is 0.0304. The third kappa shape index (κ3) is 2.29. The monoisotopic (exact) mass is 327 g/mol. The van der Waals surface area contributed by atoms with Crippen LogP contribution in [0.25, 0.3) is 0 Å². The number of anilines is 1. The molecule has 9 nitrogen and oxygen atoms in total. The fourth-order valence-corrected chi connectivity index (χ4v) is 3.82. The van der Waals surface area contributed by atoms with Crippen LogP contribution in [0.15, 0.2) is 24.5 Å². The van der Waals surface area contributed by atoms with Gasteiger partial charge in [-0.2, -0.15) is 13.0 Å². The molecule has 0 unspecified atom stereocenters. The van der Waals surface area contributed by atoms with E-state index in [4.69, 9.17) is 10.3 Å². The Labute approximate surface area is 126 Å². The number of β-lactam (4-membered cyclic amide) rings is 1. The Morgan fingerprint density at radius 1 is 1.41 bits per heavy atom. The van der Waals surface area contributed by atoms with Crippen LogP contribution >= 0.6 is 0 Å². The molecule has 2 saturated heterocycles. The van der Waals surface area contributed by atoms with Gasteiger partial charge in [-0.1, -0.05) is 0 Å². The van der Waals surface area contributed by atoms with Crippen LogP contribution in [0, 0.1) is 0 Å². The Kier molecular flexibility index (Phi) is 3.29. The molecule has 22 heavy (non-hydrogen) atoms. The summed E-state index contributed by atoms with van der Waals surface area (Å²) in [5.41, 5.74) is 6.14. The maximum absolute atomic E-state index is 12.3. The van der Waals surface area contributed by atoms with E-state index in [0.717, 1.165) is 0 Å². The molecule has 3 N–H and O–H groups in total. The quantitative estimate of drug-likeness (QED) is 0.382. The van der Waals surface area contributed by atoms with E-state index in [1.807, 2.05) is 0 Å². The van der Waals surface area contributed by atoms with Crippen molar-refractivity contribution in [1.29, 1.82) is 0 Å². The van der Waals surface area contributed by atoms with Gasteiger partial charge in [-0.3, -0.25) is 14.1 Å². The molecule has 0 aliphatic carbocycles. The zero-order chi connectivity index (χ0) is 16.1. The molecule has 0 bridgehead atoms. The fraction of sp³-hybridized carbons (Fsp3) is 0.417. The van der Waals surface area contributed by atoms with Gasteiger partial charge >= 0.3 is 10.3 Å². The molecule has 1 aromatic rings. The maximum Gasteiger partial charge on any atom is 0.362 e. The predicted molar refractivity (Wildman–Crippen MR) is 73.4 cm³/mol. The van der Waals surface area contributed by atoms with Gasteiger partial charge in [0.05, 0.1) is 6.04 Å². The van der Waals surface area contributed by atoms with Crippen molar-refractivity contribution in [2.24, 2.45) is 0 Å². The molecule has 2 aliphatic rings. The minimum Gasteiger partial charge on any atom is -0.398 e. The second kappa shape index (κ2) is 4.92. The summed E-state index contributed by atoms with van der Waals surface area (Å²) in [4.78, 5) is 25.5. The average molecular weight is 327 g/mol. The van der Waals surface area contributed by atoms with Crippen LogP contribution in [0.4, 0.5) is 5.69 Å². The number of likely N-dealkylation sites (tertiary alicyclic amines) is 1. The largest absolute Gasteiger partial charge is 0.398 e. The van der Waals surface area contributed by atoms with Gasteiger partial charge < -0.3 is 10.6 Å². The molecule has 0 spiro atoms. The minimum atomic E-state index is -4.56. The van der Waals surface area contributed by atoms with Crippen molar-refractivity contribution in [3.63, 3.8) is 0 Å². The van der Waals surface area contributed by atoms with Gasteiger partial charge in [-0.25, -0.2) is 4.31 Å². The number of nitrogen functional groups attached to an aromatic ring is 1. The molecule has 0 aromatic carbocycles. The van der Waals surface area contributed by atoms with E-state index in [0.29, 0.717) is 16.4 Å². The molecule has 1 aromatic heterocycles. The second-order valence-electron chi connectivity index (χ2n) is 5.30. The highest BCUT2D eigenvalue weighted by Crippen LogP contribution is 2.35. The van der Waals surface area contributed by atoms with E-state index in [1.165, 1.54) is 4.90 Å². The Morgan fingerprint density at radius 3 is 2.64 bits per heavy atom. The molecule has 2 aliphatic heterocycles. The van der Waals surface area contributed by atoms with Gasteiger partial charge in [0.15, 0.2) is 12.4 Å². The van der Waals surface area contributed by atoms with Gasteiger partial charge in [-0.15, -0.1) is 0 Å². The van der Waals surface area contributed by atoms with E-state index in [-0.39, 0.29) is 19.0 Å². The summed E-state index contributed by atoms with van der Waals surface area (Å²) < 4.78 is 33.3. The molecular formula is C12H15N4O5S+. The molecular weight excluding hydrogens is 312 g/mol. The van der Waals surface area contributed by atoms with E-state index < -0.39 is 28.3 Å². The van der Waals surface area contributed by atoms with Crippen LogP contribution in [-0.4, -0.2) is 52.6 Å². The summed E-state index contributed by atoms with van der Waals surface area (Å²) in [5.74, 6) is -1.05. The highest BCUT2D eigenvalue weighted by molar-refractivity contribution is 7.84. The van der Waals surface area contributed by atoms with Crippen molar-refractivity contribution in [3.8, 4) is 0 Å². The first kappa shape index (κ1) is 14.7. The molecule has 3 rings (SSSR count). The zero-order valence-electron chi connectivity index (χ0n) is 11.5. The Hall–Kier alpha value is -2.20. The summed E-state index contributed by atoms with van der Waals surface area (Å²) in [5, 5.41) is 0. The Balaban J connectivity index is 1.71. The van der Waals surface area contributed by atoms with Gasteiger partial charge in [-0.05, 0) is 6.42 Å². The summed E-state index contributed by atoms with van der Waals surface area (Å²) in [7, 11) is -4.56. The second-order valence-corrected chi connectivity index (χ2v) is 6.59. The molecule has 2 fully saturated rings. The molecule has 2 atom stereocenters. The first-order valence-electron chi connectivity index (χ1n) is 6.64. The highest BCUT2D eigenvalue weighted by atomic mass is 32.2. The first-order chi connectivity index (χ1) is 10.3. The molecule has 3 heterocycles. The lowest BCUT2D eigenvalue weighted by molar-refractivity contribution is -0.685. The highest BCUT2D eigenvalue weighted by Gasteiger charge is 2.60. The van der Waals surface area contributed by atoms with Gasteiger partial charge in [0.2, 0.25) is 6.54 Å². The van der Waals surface area contributed by atoms with Crippen LogP contribution in [0.1, 0.15) is 6.42 Å². The Morgan fingerprint density at radius 2 is 2.05 bits per heavy atom. The predicted octanol–water partition coefficient (Wildman–Crippen LogP) is -1.83. The number of nitrogens with two attached hydrogens (primary N) is 1. The molecule has 10 heteroatoms. The van der Waals surface area contributed by atoms with E-state index in [9.17, 15) is 18.0 Å². The van der Waals surface area contributed by atoms with E-state index in [1.54, 1.807) is 29.1 Å². The number of nitrogens with zero attached hydrogens (tertiary/aromatic N) is 3. The van der Waals surface area contributed by atoms with Gasteiger partial charge in [0.1, 0.15) is 6.04 Å². The topological polar surface area (TPSA) is 125 Å². The number of amides is 2. The summed E-state index contributed by atoms with van der Waals surface area (Å²) in [6.45, 7) is 0.310. The third-order valence-corrected chi connectivity index (χ3v) is 4.89. The number of hydrogen-bond acceptors (Lipinski definition) is 5. The normalized spacial score (nSPS) is 24.1. The number of carbonyl (C=O) groups is 2. The smallest absolute Gasteiger partial charge is 0.362 e. The van der Waals surface area contributed by atoms with Crippen molar-refractivity contribution >= 4 is 27.8 Å². The third-order valence-electron chi connectivity index (χ3n) is 3.94. The van der Waals surface area contributed by atoms with Crippen molar-refractivity contribution in [2.75, 3.05) is 12.3 Å². The summed E-state index contributed by atoms with van der Waals surface area (Å²) in [6.07, 6.45) is 3.62. The van der Waals surface area contributed by atoms with Crippen LogP contribution in [0.3, 0.4) is 0 Å². The first-order valence-corrected chi connectivity index (χ1v) is 8.03. The zero-order valence-corrected chi connectivity index (χ0v) is 12.3. The average Bonchev–Trinajstić information content (AvgIpc) is 2.78. The SMILES string of the molecule is Nc1cc[n+](CC(=O)N2CC[C@@H]3[C@H]2C(=O)N3S(=O)(=O)O)cc1. The number of pyridine rings is 1. The van der Waals surface area contributed by atoms with Crippen molar-refractivity contribution in [3.05, 3.63) is 24.5 Å². The molecule has 0 radical (unpaired) electrons. The van der Waals surface area contributed by atoms with Crippen LogP contribution in [0.5, 0.6) is 0 Å². The lowest BCUT2D eigenvalue weighted by Crippen LogP contribution is -2.68.